The largest absolute Gasteiger partial charge is 0.379 e. The summed E-state index contributed by atoms with van der Waals surface area (Å²) in [6, 6.07) is 12.5. The highest BCUT2D eigenvalue weighted by molar-refractivity contribution is 5.94. The molecule has 0 spiro atoms. The van der Waals surface area contributed by atoms with Crippen LogP contribution in [0.25, 0.3) is 0 Å². The van der Waals surface area contributed by atoms with Crippen molar-refractivity contribution < 1.29 is 14.5 Å². The Kier molecular flexibility index (Phi) is 6.16. The van der Waals surface area contributed by atoms with Crippen molar-refractivity contribution in [2.24, 2.45) is 0 Å². The minimum atomic E-state index is -0.446. The molecule has 1 heterocycles. The summed E-state index contributed by atoms with van der Waals surface area (Å²) in [5.74, 6) is -0.242. The summed E-state index contributed by atoms with van der Waals surface area (Å²) >= 11 is 0. The van der Waals surface area contributed by atoms with Crippen molar-refractivity contribution in [3.05, 3.63) is 74.8 Å². The molecule has 1 fully saturated rings. The maximum atomic E-state index is 12.4. The van der Waals surface area contributed by atoms with Crippen molar-refractivity contribution in [2.45, 2.75) is 20.0 Å². The van der Waals surface area contributed by atoms with E-state index in [1.807, 2.05) is 18.2 Å². The molecule has 2 aromatic rings. The molecule has 0 atom stereocenters. The zero-order valence-electron chi connectivity index (χ0n) is 15.3. The number of nitro benzene ring substituents is 1. The lowest BCUT2D eigenvalue weighted by Gasteiger charge is -2.27. The number of morpholine rings is 1. The number of carbonyl (C=O) groups is 1. The Labute approximate surface area is 158 Å². The highest BCUT2D eigenvalue weighted by Gasteiger charge is 2.15. The summed E-state index contributed by atoms with van der Waals surface area (Å²) in [6.07, 6.45) is 0. The van der Waals surface area contributed by atoms with Gasteiger partial charge in [-0.2, -0.15) is 0 Å². The quantitative estimate of drug-likeness (QED) is 0.625. The molecule has 27 heavy (non-hydrogen) atoms. The predicted molar refractivity (Wildman–Crippen MR) is 102 cm³/mol. The third-order valence-electron chi connectivity index (χ3n) is 4.71. The molecule has 0 aliphatic carbocycles. The number of hydrogen-bond donors (Lipinski definition) is 1. The monoisotopic (exact) mass is 369 g/mol. The molecule has 1 aliphatic heterocycles. The number of nitrogens with zero attached hydrogens (tertiary/aromatic N) is 2. The van der Waals surface area contributed by atoms with E-state index >= 15 is 0 Å². The Morgan fingerprint density at radius 3 is 2.56 bits per heavy atom. The van der Waals surface area contributed by atoms with Gasteiger partial charge in [-0.25, -0.2) is 0 Å². The van der Waals surface area contributed by atoms with E-state index in [1.165, 1.54) is 17.7 Å². The second-order valence-electron chi connectivity index (χ2n) is 6.60. The van der Waals surface area contributed by atoms with Gasteiger partial charge in [-0.1, -0.05) is 24.3 Å². The van der Waals surface area contributed by atoms with Crippen LogP contribution in [0.1, 0.15) is 27.0 Å². The summed E-state index contributed by atoms with van der Waals surface area (Å²) in [7, 11) is 0. The number of ether oxygens (including phenoxy) is 1. The molecule has 1 saturated heterocycles. The van der Waals surface area contributed by atoms with Gasteiger partial charge >= 0.3 is 0 Å². The summed E-state index contributed by atoms with van der Waals surface area (Å²) in [5, 5.41) is 13.8. The SMILES string of the molecule is Cc1cc(C(=O)NCc2ccccc2CN2CCOCC2)ccc1[N+](=O)[O-]. The van der Waals surface area contributed by atoms with Gasteiger partial charge in [0.1, 0.15) is 0 Å². The van der Waals surface area contributed by atoms with Crippen LogP contribution in [0.3, 0.4) is 0 Å². The fourth-order valence-electron chi connectivity index (χ4n) is 3.16. The van der Waals surface area contributed by atoms with Crippen LogP contribution in [0.15, 0.2) is 42.5 Å². The highest BCUT2D eigenvalue weighted by atomic mass is 16.6. The summed E-state index contributed by atoms with van der Waals surface area (Å²) in [6.45, 7) is 6.18. The smallest absolute Gasteiger partial charge is 0.272 e. The minimum Gasteiger partial charge on any atom is -0.379 e. The number of rotatable bonds is 6. The summed E-state index contributed by atoms with van der Waals surface area (Å²) in [5.41, 5.74) is 3.15. The maximum Gasteiger partial charge on any atom is 0.272 e. The molecule has 7 nitrogen and oxygen atoms in total. The molecule has 1 amide bonds. The molecule has 0 bridgehead atoms. The van der Waals surface area contributed by atoms with Gasteiger partial charge in [0.25, 0.3) is 11.6 Å². The standard InChI is InChI=1S/C20H23N3O4/c1-15-12-16(6-7-19(15)23(25)26)20(24)21-13-17-4-2-3-5-18(17)14-22-8-10-27-11-9-22/h2-7,12H,8-11,13-14H2,1H3,(H,21,24). The van der Waals surface area contributed by atoms with Crippen molar-refractivity contribution in [2.75, 3.05) is 26.3 Å². The minimum absolute atomic E-state index is 0.0161. The molecule has 0 aromatic heterocycles. The first-order valence-electron chi connectivity index (χ1n) is 8.94. The second-order valence-corrected chi connectivity index (χ2v) is 6.60. The van der Waals surface area contributed by atoms with E-state index in [2.05, 4.69) is 16.3 Å². The first-order chi connectivity index (χ1) is 13.0. The van der Waals surface area contributed by atoms with E-state index in [1.54, 1.807) is 13.0 Å². The molecule has 0 radical (unpaired) electrons. The first-order valence-corrected chi connectivity index (χ1v) is 8.94. The Balaban J connectivity index is 1.65. The molecule has 0 unspecified atom stereocenters. The number of nitrogens with one attached hydrogen (secondary N) is 1. The first kappa shape index (κ1) is 19.0. The number of carbonyl (C=O) groups excluding carboxylic acids is 1. The molecule has 142 valence electrons. The molecule has 7 heteroatoms. The lowest BCUT2D eigenvalue weighted by molar-refractivity contribution is -0.385. The molecule has 3 rings (SSSR count). The second kappa shape index (κ2) is 8.75. The number of benzene rings is 2. The van der Waals surface area contributed by atoms with Crippen LogP contribution >= 0.6 is 0 Å². The fraction of sp³-hybridized carbons (Fsp3) is 0.350. The highest BCUT2D eigenvalue weighted by Crippen LogP contribution is 2.19. The van der Waals surface area contributed by atoms with Gasteiger partial charge < -0.3 is 10.1 Å². The van der Waals surface area contributed by atoms with Gasteiger partial charge in [-0.05, 0) is 30.2 Å². The van der Waals surface area contributed by atoms with E-state index in [0.717, 1.165) is 38.4 Å². The van der Waals surface area contributed by atoms with Gasteiger partial charge in [0.2, 0.25) is 0 Å². The Hall–Kier alpha value is -2.77. The van der Waals surface area contributed by atoms with Gasteiger partial charge in [0.05, 0.1) is 18.1 Å². The Bertz CT molecular complexity index is 832. The number of amides is 1. The van der Waals surface area contributed by atoms with Crippen molar-refractivity contribution >= 4 is 11.6 Å². The van der Waals surface area contributed by atoms with E-state index in [-0.39, 0.29) is 11.6 Å². The van der Waals surface area contributed by atoms with Gasteiger partial charge in [0, 0.05) is 43.4 Å². The Morgan fingerprint density at radius 1 is 1.19 bits per heavy atom. The lowest BCUT2D eigenvalue weighted by atomic mass is 10.1. The van der Waals surface area contributed by atoms with Crippen LogP contribution in [-0.2, 0) is 17.8 Å². The van der Waals surface area contributed by atoms with E-state index < -0.39 is 4.92 Å². The normalized spacial score (nSPS) is 14.7. The Morgan fingerprint density at radius 2 is 1.89 bits per heavy atom. The third-order valence-corrected chi connectivity index (χ3v) is 4.71. The van der Waals surface area contributed by atoms with Gasteiger partial charge in [-0.3, -0.25) is 19.8 Å². The zero-order valence-corrected chi connectivity index (χ0v) is 15.3. The van der Waals surface area contributed by atoms with Crippen LogP contribution in [0.2, 0.25) is 0 Å². The summed E-state index contributed by atoms with van der Waals surface area (Å²) in [4.78, 5) is 25.2. The van der Waals surface area contributed by atoms with Crippen molar-refractivity contribution in [1.29, 1.82) is 0 Å². The van der Waals surface area contributed by atoms with E-state index in [9.17, 15) is 14.9 Å². The maximum absolute atomic E-state index is 12.4. The average Bonchev–Trinajstić information content (AvgIpc) is 2.67. The van der Waals surface area contributed by atoms with Crippen molar-refractivity contribution in [3.8, 4) is 0 Å². The van der Waals surface area contributed by atoms with Crippen LogP contribution < -0.4 is 5.32 Å². The van der Waals surface area contributed by atoms with Crippen LogP contribution in [0, 0.1) is 17.0 Å². The molecule has 2 aromatic carbocycles. The van der Waals surface area contributed by atoms with Crippen molar-refractivity contribution in [3.63, 3.8) is 0 Å². The molecule has 0 saturated carbocycles. The molecular weight excluding hydrogens is 346 g/mol. The van der Waals surface area contributed by atoms with Gasteiger partial charge in [0.15, 0.2) is 0 Å². The van der Waals surface area contributed by atoms with Crippen LogP contribution in [-0.4, -0.2) is 42.0 Å². The summed E-state index contributed by atoms with van der Waals surface area (Å²) < 4.78 is 5.39. The molecular formula is C20H23N3O4. The topological polar surface area (TPSA) is 84.7 Å². The van der Waals surface area contributed by atoms with Crippen LogP contribution in [0.5, 0.6) is 0 Å². The average molecular weight is 369 g/mol. The number of nitro groups is 1. The fourth-order valence-corrected chi connectivity index (χ4v) is 3.16. The van der Waals surface area contributed by atoms with E-state index in [4.69, 9.17) is 4.74 Å². The molecule has 1 N–H and O–H groups in total. The van der Waals surface area contributed by atoms with Gasteiger partial charge in [-0.15, -0.1) is 0 Å². The third kappa shape index (κ3) is 4.90. The van der Waals surface area contributed by atoms with Crippen LogP contribution in [0.4, 0.5) is 5.69 Å². The number of aryl methyl sites for hydroxylation is 1. The van der Waals surface area contributed by atoms with E-state index in [0.29, 0.717) is 17.7 Å². The van der Waals surface area contributed by atoms with Crippen molar-refractivity contribution in [1.82, 2.24) is 10.2 Å². The zero-order chi connectivity index (χ0) is 19.2. The number of hydrogen-bond acceptors (Lipinski definition) is 5. The predicted octanol–water partition coefficient (Wildman–Crippen LogP) is 2.67. The lowest BCUT2D eigenvalue weighted by Crippen LogP contribution is -2.36. The molecule has 1 aliphatic rings.